The Bertz CT molecular complexity index is 679. The fourth-order valence-corrected chi connectivity index (χ4v) is 3.89. The molecule has 0 spiro atoms. The molecule has 0 unspecified atom stereocenters. The van der Waals surface area contributed by atoms with Gasteiger partial charge in [0.2, 0.25) is 0 Å². The molecule has 0 radical (unpaired) electrons. The number of hydrogen-bond donors (Lipinski definition) is 0. The molecule has 1 rings (SSSR count). The van der Waals surface area contributed by atoms with E-state index in [2.05, 4.69) is 6.92 Å². The van der Waals surface area contributed by atoms with Gasteiger partial charge < -0.3 is 14.2 Å². The van der Waals surface area contributed by atoms with E-state index < -0.39 is 17.4 Å². The maximum absolute atomic E-state index is 13.1. The number of ether oxygens (including phenoxy) is 3. The van der Waals surface area contributed by atoms with Gasteiger partial charge in [-0.15, -0.1) is 0 Å². The van der Waals surface area contributed by atoms with Crippen molar-refractivity contribution >= 4 is 11.9 Å². The van der Waals surface area contributed by atoms with E-state index in [-0.39, 0.29) is 6.10 Å². The van der Waals surface area contributed by atoms with Gasteiger partial charge in [0.25, 0.3) is 0 Å². The lowest BCUT2D eigenvalue weighted by molar-refractivity contribution is -0.168. The third kappa shape index (κ3) is 10.2. The highest BCUT2D eigenvalue weighted by atomic mass is 16.6. The molecule has 0 heterocycles. The molecule has 0 fully saturated rings. The van der Waals surface area contributed by atoms with Crippen LogP contribution in [0.5, 0.6) is 11.5 Å². The van der Waals surface area contributed by atoms with Gasteiger partial charge in [-0.05, 0) is 45.2 Å². The molecule has 5 nitrogen and oxygen atoms in total. The van der Waals surface area contributed by atoms with Gasteiger partial charge in [-0.3, -0.25) is 9.59 Å². The van der Waals surface area contributed by atoms with Gasteiger partial charge in [0.15, 0.2) is 16.9 Å². The highest BCUT2D eigenvalue weighted by Gasteiger charge is 2.46. The van der Waals surface area contributed by atoms with Gasteiger partial charge in [0.1, 0.15) is 0 Å². The lowest BCUT2D eigenvalue weighted by Gasteiger charge is -2.27. The minimum Gasteiger partial charge on any atom is -0.487 e. The summed E-state index contributed by atoms with van der Waals surface area (Å²) < 4.78 is 16.9. The van der Waals surface area contributed by atoms with Crippen molar-refractivity contribution in [2.24, 2.45) is 5.41 Å². The average molecular weight is 463 g/mol. The number of esters is 2. The van der Waals surface area contributed by atoms with Gasteiger partial charge in [0.05, 0.1) is 12.7 Å². The normalized spacial score (nSPS) is 11.5. The zero-order chi connectivity index (χ0) is 24.5. The highest BCUT2D eigenvalue weighted by molar-refractivity contribution is 6.00. The summed E-state index contributed by atoms with van der Waals surface area (Å²) in [5.41, 5.74) is -1.30. The lowest BCUT2D eigenvalue weighted by Crippen LogP contribution is -2.42. The third-order valence-corrected chi connectivity index (χ3v) is 6.13. The average Bonchev–Trinajstić information content (AvgIpc) is 2.79. The van der Waals surface area contributed by atoms with E-state index in [1.807, 2.05) is 33.8 Å². The Balaban J connectivity index is 2.50. The molecule has 0 amide bonds. The summed E-state index contributed by atoms with van der Waals surface area (Å²) in [4.78, 5) is 26.0. The van der Waals surface area contributed by atoms with Crippen molar-refractivity contribution in [3.63, 3.8) is 0 Å². The molecule has 33 heavy (non-hydrogen) atoms. The van der Waals surface area contributed by atoms with Gasteiger partial charge >= 0.3 is 11.9 Å². The van der Waals surface area contributed by atoms with Gasteiger partial charge in [0, 0.05) is 0 Å². The van der Waals surface area contributed by atoms with Crippen molar-refractivity contribution in [3.8, 4) is 11.5 Å². The molecule has 1 aromatic carbocycles. The number of unbranched alkanes of at least 4 members (excludes halogenated alkanes) is 9. The first-order valence-electron chi connectivity index (χ1n) is 13.1. The van der Waals surface area contributed by atoms with Crippen molar-refractivity contribution in [2.45, 2.75) is 118 Å². The van der Waals surface area contributed by atoms with Gasteiger partial charge in [-0.1, -0.05) is 90.7 Å². The summed E-state index contributed by atoms with van der Waals surface area (Å²) in [5.74, 6) is -0.262. The largest absolute Gasteiger partial charge is 0.487 e. The first-order chi connectivity index (χ1) is 15.9. The van der Waals surface area contributed by atoms with Crippen LogP contribution in [0.2, 0.25) is 0 Å². The summed E-state index contributed by atoms with van der Waals surface area (Å²) in [6.07, 6.45) is 12.8. The second-order valence-electron chi connectivity index (χ2n) is 9.11. The smallest absolute Gasteiger partial charge is 0.328 e. The molecule has 0 atom stereocenters. The number of hydrogen-bond acceptors (Lipinski definition) is 5. The Kier molecular flexibility index (Phi) is 14.5. The molecule has 188 valence electrons. The SMILES string of the molecule is CCCCCCCCCCCCOC(=O)C(CC)(CC)C(=O)Oc1ccccc1OC(C)C. The van der Waals surface area contributed by atoms with Crippen molar-refractivity contribution in [1.29, 1.82) is 0 Å². The van der Waals surface area contributed by atoms with Crippen LogP contribution in [0.1, 0.15) is 112 Å². The van der Waals surface area contributed by atoms with Gasteiger partial charge in [-0.25, -0.2) is 0 Å². The molecule has 1 aromatic rings. The Labute approximate surface area is 201 Å². The number of para-hydroxylation sites is 2. The van der Waals surface area contributed by atoms with Crippen molar-refractivity contribution < 1.29 is 23.8 Å². The van der Waals surface area contributed by atoms with E-state index in [0.29, 0.717) is 30.9 Å². The van der Waals surface area contributed by atoms with Crippen LogP contribution in [-0.2, 0) is 14.3 Å². The van der Waals surface area contributed by atoms with Crippen LogP contribution in [0, 0.1) is 5.41 Å². The molecular weight excluding hydrogens is 416 g/mol. The Hall–Kier alpha value is -2.04. The molecule has 0 saturated carbocycles. The minimum atomic E-state index is -1.30. The monoisotopic (exact) mass is 462 g/mol. The number of carbonyl (C=O) groups excluding carboxylic acids is 2. The topological polar surface area (TPSA) is 61.8 Å². The second kappa shape index (κ2) is 16.6. The molecule has 0 saturated heterocycles. The van der Waals surface area contributed by atoms with Crippen molar-refractivity contribution in [3.05, 3.63) is 24.3 Å². The maximum atomic E-state index is 13.1. The van der Waals surface area contributed by atoms with E-state index in [9.17, 15) is 9.59 Å². The summed E-state index contributed by atoms with van der Waals surface area (Å²) in [6.45, 7) is 10.0. The van der Waals surface area contributed by atoms with E-state index in [1.54, 1.807) is 18.2 Å². The van der Waals surface area contributed by atoms with E-state index in [1.165, 1.54) is 44.9 Å². The van der Waals surface area contributed by atoms with Crippen molar-refractivity contribution in [1.82, 2.24) is 0 Å². The molecule has 0 aliphatic rings. The molecular formula is C28H46O5. The van der Waals surface area contributed by atoms with E-state index >= 15 is 0 Å². The fraction of sp³-hybridized carbons (Fsp3) is 0.714. The molecule has 0 aromatic heterocycles. The fourth-order valence-electron chi connectivity index (χ4n) is 3.89. The quantitative estimate of drug-likeness (QED) is 0.0970. The highest BCUT2D eigenvalue weighted by Crippen LogP contribution is 2.34. The third-order valence-electron chi connectivity index (χ3n) is 6.13. The Morgan fingerprint density at radius 2 is 1.27 bits per heavy atom. The first kappa shape index (κ1) is 29.0. The zero-order valence-electron chi connectivity index (χ0n) is 21.6. The van der Waals surface area contributed by atoms with E-state index in [0.717, 1.165) is 19.3 Å². The van der Waals surface area contributed by atoms with Gasteiger partial charge in [-0.2, -0.15) is 0 Å². The molecule has 0 aliphatic heterocycles. The number of carbonyl (C=O) groups is 2. The summed E-state index contributed by atoms with van der Waals surface area (Å²) >= 11 is 0. The summed E-state index contributed by atoms with van der Waals surface area (Å²) in [5, 5.41) is 0. The number of rotatable bonds is 18. The van der Waals surface area contributed by atoms with Crippen LogP contribution in [-0.4, -0.2) is 24.6 Å². The molecule has 0 N–H and O–H groups in total. The Morgan fingerprint density at radius 1 is 0.758 bits per heavy atom. The van der Waals surface area contributed by atoms with E-state index in [4.69, 9.17) is 14.2 Å². The zero-order valence-corrected chi connectivity index (χ0v) is 21.6. The predicted molar refractivity (Wildman–Crippen MR) is 134 cm³/mol. The summed E-state index contributed by atoms with van der Waals surface area (Å²) in [6, 6.07) is 7.04. The van der Waals surface area contributed by atoms with Crippen molar-refractivity contribution in [2.75, 3.05) is 6.61 Å². The van der Waals surface area contributed by atoms with Crippen LogP contribution >= 0.6 is 0 Å². The Morgan fingerprint density at radius 3 is 1.79 bits per heavy atom. The maximum Gasteiger partial charge on any atom is 0.328 e. The first-order valence-corrected chi connectivity index (χ1v) is 13.1. The van der Waals surface area contributed by atoms with Crippen LogP contribution in [0.3, 0.4) is 0 Å². The van der Waals surface area contributed by atoms with Crippen LogP contribution in [0.25, 0.3) is 0 Å². The van der Waals surface area contributed by atoms with Crippen LogP contribution in [0.15, 0.2) is 24.3 Å². The lowest BCUT2D eigenvalue weighted by atomic mass is 9.82. The van der Waals surface area contributed by atoms with Crippen LogP contribution in [0.4, 0.5) is 0 Å². The molecule has 5 heteroatoms. The van der Waals surface area contributed by atoms with Crippen LogP contribution < -0.4 is 9.47 Å². The summed E-state index contributed by atoms with van der Waals surface area (Å²) in [7, 11) is 0. The molecule has 0 aliphatic carbocycles. The predicted octanol–water partition coefficient (Wildman–Crippen LogP) is 7.65. The minimum absolute atomic E-state index is 0.0574. The second-order valence-corrected chi connectivity index (χ2v) is 9.11. The molecule has 0 bridgehead atoms. The number of benzene rings is 1. The standard InChI is InChI=1S/C28H46O5/c1-6-9-10-11-12-13-14-15-16-19-22-31-26(29)28(7-2,8-3)27(30)33-25-21-18-17-20-24(25)32-23(4)5/h17-18,20-21,23H,6-16,19,22H2,1-5H3.